The van der Waals surface area contributed by atoms with Crippen LogP contribution in [0.25, 0.3) is 0 Å². The average Bonchev–Trinajstić information content (AvgIpc) is 2.57. The first-order chi connectivity index (χ1) is 11.6. The zero-order valence-corrected chi connectivity index (χ0v) is 15.8. The van der Waals surface area contributed by atoms with Crippen LogP contribution in [0.15, 0.2) is 81.1 Å². The summed E-state index contributed by atoms with van der Waals surface area (Å²) in [6.07, 6.45) is 3.19. The SMILES string of the molecule is N/C([S-])=N/N=C/c1ccccc1.N/C([S-])=N\N=C\c1ccccc1.[Fe+2]. The van der Waals surface area contributed by atoms with E-state index in [2.05, 4.69) is 45.7 Å². The summed E-state index contributed by atoms with van der Waals surface area (Å²) >= 11 is 9.02. The van der Waals surface area contributed by atoms with Crippen LogP contribution in [0.3, 0.4) is 0 Å². The zero-order valence-electron chi connectivity index (χ0n) is 13.0. The minimum absolute atomic E-state index is 0. The molecule has 0 bridgehead atoms. The summed E-state index contributed by atoms with van der Waals surface area (Å²) in [5.41, 5.74) is 12.2. The third kappa shape index (κ3) is 12.7. The largest absolute Gasteiger partial charge is 2.00 e. The van der Waals surface area contributed by atoms with Crippen LogP contribution in [-0.2, 0) is 42.3 Å². The molecule has 2 aromatic rings. The molecule has 2 aromatic carbocycles. The van der Waals surface area contributed by atoms with Crippen LogP contribution < -0.4 is 11.5 Å². The molecule has 2 rings (SSSR count). The van der Waals surface area contributed by atoms with Crippen molar-refractivity contribution in [3.8, 4) is 0 Å². The molecule has 0 saturated heterocycles. The predicted molar refractivity (Wildman–Crippen MR) is 106 cm³/mol. The van der Waals surface area contributed by atoms with Gasteiger partial charge in [0, 0.05) is 0 Å². The first-order valence-corrected chi connectivity index (χ1v) is 7.56. The Bertz CT molecular complexity index is 646. The second-order valence-electron chi connectivity index (χ2n) is 4.19. The Hall–Kier alpha value is -2.32. The van der Waals surface area contributed by atoms with E-state index in [1.165, 1.54) is 0 Å². The molecule has 0 aliphatic rings. The van der Waals surface area contributed by atoms with Gasteiger partial charge >= 0.3 is 17.1 Å². The summed E-state index contributed by atoms with van der Waals surface area (Å²) in [7, 11) is 0. The number of hydrogen-bond donors (Lipinski definition) is 2. The summed E-state index contributed by atoms with van der Waals surface area (Å²) < 4.78 is 0. The Labute approximate surface area is 168 Å². The fourth-order valence-corrected chi connectivity index (χ4v) is 1.48. The van der Waals surface area contributed by atoms with Gasteiger partial charge < -0.3 is 36.7 Å². The number of amidine groups is 2. The molecule has 0 radical (unpaired) electrons. The molecule has 0 unspecified atom stereocenters. The van der Waals surface area contributed by atoms with Crippen LogP contribution in [0, 0.1) is 0 Å². The second-order valence-corrected chi connectivity index (χ2v) is 5.02. The topological polar surface area (TPSA) is 101 Å². The van der Waals surface area contributed by atoms with Gasteiger partial charge in [0.05, 0.1) is 12.4 Å². The number of nitrogens with zero attached hydrogens (tertiary/aromatic N) is 4. The van der Waals surface area contributed by atoms with Crippen LogP contribution >= 0.6 is 0 Å². The minimum Gasteiger partial charge on any atom is -0.741 e. The molecule has 25 heavy (non-hydrogen) atoms. The first kappa shape index (κ1) is 22.7. The Morgan fingerprint density at radius 1 is 0.680 bits per heavy atom. The van der Waals surface area contributed by atoms with Gasteiger partial charge in [-0.25, -0.2) is 0 Å². The molecular weight excluding hydrogens is 396 g/mol. The summed E-state index contributed by atoms with van der Waals surface area (Å²) in [5, 5.41) is 14.4. The van der Waals surface area contributed by atoms with Crippen molar-refractivity contribution >= 4 is 48.0 Å². The third-order valence-corrected chi connectivity index (χ3v) is 2.49. The van der Waals surface area contributed by atoms with Crippen molar-refractivity contribution in [1.82, 2.24) is 0 Å². The molecule has 9 heteroatoms. The van der Waals surface area contributed by atoms with Crippen LogP contribution in [0.5, 0.6) is 0 Å². The van der Waals surface area contributed by atoms with E-state index in [0.717, 1.165) is 11.1 Å². The van der Waals surface area contributed by atoms with Crippen LogP contribution in [0.1, 0.15) is 11.1 Å². The molecule has 0 heterocycles. The maximum Gasteiger partial charge on any atom is 2.00 e. The van der Waals surface area contributed by atoms with Gasteiger partial charge in [0.2, 0.25) is 0 Å². The predicted octanol–water partition coefficient (Wildman–Crippen LogP) is 1.76. The van der Waals surface area contributed by atoms with Crippen LogP contribution in [-0.4, -0.2) is 22.8 Å². The van der Waals surface area contributed by atoms with E-state index in [0.29, 0.717) is 0 Å². The molecule has 0 aromatic heterocycles. The maximum atomic E-state index is 5.11. The van der Waals surface area contributed by atoms with Gasteiger partial charge in [-0.05, 0) is 21.5 Å². The van der Waals surface area contributed by atoms with Gasteiger partial charge in [-0.1, -0.05) is 60.7 Å². The number of hydrogen-bond acceptors (Lipinski definition) is 6. The maximum absolute atomic E-state index is 5.11. The van der Waals surface area contributed by atoms with Crippen LogP contribution in [0.2, 0.25) is 0 Å². The van der Waals surface area contributed by atoms with E-state index in [1.807, 2.05) is 60.7 Å². The van der Waals surface area contributed by atoms with E-state index < -0.39 is 0 Å². The fraction of sp³-hybridized carbons (Fsp3) is 0. The summed E-state index contributed by atoms with van der Waals surface area (Å²) in [6, 6.07) is 19.2. The van der Waals surface area contributed by atoms with Gasteiger partial charge in [0.25, 0.3) is 0 Å². The molecule has 4 N–H and O–H groups in total. The van der Waals surface area contributed by atoms with Gasteiger partial charge in [-0.15, -0.1) is 0 Å². The molecule has 6 nitrogen and oxygen atoms in total. The van der Waals surface area contributed by atoms with Crippen molar-refractivity contribution in [3.63, 3.8) is 0 Å². The van der Waals surface area contributed by atoms with Gasteiger partial charge in [0.15, 0.2) is 0 Å². The zero-order chi connectivity index (χ0) is 17.6. The van der Waals surface area contributed by atoms with E-state index in [-0.39, 0.29) is 27.4 Å². The first-order valence-electron chi connectivity index (χ1n) is 6.75. The molecule has 0 spiro atoms. The molecule has 0 fully saturated rings. The number of benzene rings is 2. The van der Waals surface area contributed by atoms with E-state index in [4.69, 9.17) is 11.5 Å². The molecule has 0 aliphatic carbocycles. The Morgan fingerprint density at radius 3 is 1.28 bits per heavy atom. The van der Waals surface area contributed by atoms with Crippen molar-refractivity contribution in [2.75, 3.05) is 0 Å². The standard InChI is InChI=1S/2C8H9N3S.Fe/c2*9-8(12)11-10-6-7-4-2-1-3-5-7;/h2*1-6H,(H3,9,11,12);/q;;+2/p-2/b2*10-6+;. The Kier molecular flexibility index (Phi) is 12.8. The summed E-state index contributed by atoms with van der Waals surface area (Å²) in [5.74, 6) is 0. The summed E-state index contributed by atoms with van der Waals surface area (Å²) in [4.78, 5) is 0. The molecular formula is C16H16FeN6S2. The van der Waals surface area contributed by atoms with Gasteiger partial charge in [-0.2, -0.15) is 20.4 Å². The normalized spacial score (nSPS) is 11.7. The quantitative estimate of drug-likeness (QED) is 0.263. The van der Waals surface area contributed by atoms with Crippen molar-refractivity contribution in [3.05, 3.63) is 71.8 Å². The molecule has 0 aliphatic heterocycles. The van der Waals surface area contributed by atoms with E-state index in [9.17, 15) is 0 Å². The average molecular weight is 412 g/mol. The number of nitrogens with two attached hydrogens (primary N) is 2. The van der Waals surface area contributed by atoms with Crippen molar-refractivity contribution in [1.29, 1.82) is 0 Å². The molecule has 0 amide bonds. The molecule has 0 saturated carbocycles. The van der Waals surface area contributed by atoms with Gasteiger partial charge in [0.1, 0.15) is 0 Å². The molecule has 130 valence electrons. The monoisotopic (exact) mass is 412 g/mol. The fourth-order valence-electron chi connectivity index (χ4n) is 1.38. The van der Waals surface area contributed by atoms with E-state index >= 15 is 0 Å². The Balaban J connectivity index is 0.000000443. The smallest absolute Gasteiger partial charge is 0.741 e. The van der Waals surface area contributed by atoms with Crippen molar-refractivity contribution < 1.29 is 17.1 Å². The number of rotatable bonds is 4. The van der Waals surface area contributed by atoms with Crippen LogP contribution in [0.4, 0.5) is 0 Å². The van der Waals surface area contributed by atoms with E-state index in [1.54, 1.807) is 12.4 Å². The van der Waals surface area contributed by atoms with Crippen molar-refractivity contribution in [2.45, 2.75) is 0 Å². The third-order valence-electron chi connectivity index (χ3n) is 2.33. The van der Waals surface area contributed by atoms with Crippen molar-refractivity contribution in [2.24, 2.45) is 31.9 Å². The van der Waals surface area contributed by atoms with Gasteiger partial charge in [-0.3, -0.25) is 0 Å². The molecule has 0 atom stereocenters. The summed E-state index contributed by atoms with van der Waals surface area (Å²) in [6.45, 7) is 0. The minimum atomic E-state index is 0. The second kappa shape index (κ2) is 14.1. The Morgan fingerprint density at radius 2 is 1.00 bits per heavy atom.